The van der Waals surface area contributed by atoms with Crippen LogP contribution in [0.5, 0.6) is 0 Å². The molecule has 1 saturated carbocycles. The van der Waals surface area contributed by atoms with Crippen LogP contribution in [0.15, 0.2) is 78.0 Å². The highest BCUT2D eigenvalue weighted by molar-refractivity contribution is 6.14. The van der Waals surface area contributed by atoms with Crippen molar-refractivity contribution < 1.29 is 9.59 Å². The number of nitrogens with one attached hydrogen (secondary N) is 2. The second-order valence-corrected chi connectivity index (χ2v) is 9.93. The molecule has 39 heavy (non-hydrogen) atoms. The van der Waals surface area contributed by atoms with Crippen LogP contribution in [0.1, 0.15) is 62.1 Å². The van der Waals surface area contributed by atoms with Gasteiger partial charge in [-0.05, 0) is 61.7 Å². The van der Waals surface area contributed by atoms with Gasteiger partial charge in [0.1, 0.15) is 0 Å². The quantitative estimate of drug-likeness (QED) is 0.421. The lowest BCUT2D eigenvalue weighted by atomic mass is 9.83. The molecule has 2 aromatic carbocycles. The van der Waals surface area contributed by atoms with Crippen molar-refractivity contribution in [3.8, 4) is 11.8 Å². The molecule has 0 radical (unpaired) electrons. The third-order valence-electron chi connectivity index (χ3n) is 7.10. The maximum absolute atomic E-state index is 13.7. The summed E-state index contributed by atoms with van der Waals surface area (Å²) < 4.78 is 0. The molecule has 0 bridgehead atoms. The van der Waals surface area contributed by atoms with Gasteiger partial charge in [-0.15, -0.1) is 0 Å². The predicted molar refractivity (Wildman–Crippen MR) is 155 cm³/mol. The largest absolute Gasteiger partial charge is 0.321 e. The Labute approximate surface area is 229 Å². The van der Waals surface area contributed by atoms with Gasteiger partial charge in [-0.3, -0.25) is 14.8 Å². The third-order valence-corrected chi connectivity index (χ3v) is 7.10. The summed E-state index contributed by atoms with van der Waals surface area (Å²) in [6.45, 7) is 2.61. The number of aromatic nitrogens is 1. The van der Waals surface area contributed by atoms with E-state index in [0.717, 1.165) is 60.2 Å². The van der Waals surface area contributed by atoms with Crippen LogP contribution in [-0.2, 0) is 4.79 Å². The topological polar surface area (TPSA) is 86.7 Å². The lowest BCUT2D eigenvalue weighted by molar-refractivity contribution is -0.120. The Kier molecular flexibility index (Phi) is 8.33. The summed E-state index contributed by atoms with van der Waals surface area (Å²) in [6, 6.07) is 18.5. The minimum atomic E-state index is -0.995. The van der Waals surface area contributed by atoms with Crippen molar-refractivity contribution in [3.63, 3.8) is 0 Å². The maximum atomic E-state index is 13.7. The molecule has 0 spiro atoms. The molecule has 1 aliphatic heterocycles. The molecule has 3 aromatic rings. The van der Waals surface area contributed by atoms with Gasteiger partial charge in [0.05, 0.1) is 11.4 Å². The smallest absolute Gasteiger partial charge is 0.308 e. The zero-order valence-corrected chi connectivity index (χ0v) is 22.2. The first-order valence-electron chi connectivity index (χ1n) is 13.7. The number of anilines is 2. The van der Waals surface area contributed by atoms with E-state index in [9.17, 15) is 9.59 Å². The van der Waals surface area contributed by atoms with E-state index in [-0.39, 0.29) is 11.8 Å². The van der Waals surface area contributed by atoms with Gasteiger partial charge < -0.3 is 15.5 Å². The Morgan fingerprint density at radius 2 is 1.74 bits per heavy atom. The molecule has 7 heteroatoms. The van der Waals surface area contributed by atoms with Crippen molar-refractivity contribution >= 4 is 29.0 Å². The van der Waals surface area contributed by atoms with Gasteiger partial charge in [0.2, 0.25) is 6.17 Å². The molecular weight excluding hydrogens is 486 g/mol. The van der Waals surface area contributed by atoms with Crippen LogP contribution in [0, 0.1) is 17.8 Å². The number of nitrogens with zero attached hydrogens (tertiary/aromatic N) is 3. The standard InChI is InChI=1S/C32H33N5O2/c1-2-21-37-28-13-7-6-12-27(28)29(25-10-4-3-5-11-25)35-30(31(37)38)36-32(39)34-26-18-16-23(17-19-26)14-15-24-9-8-20-33-22-24/h6-9,12-13,16-20,22,25,30H,2-5,10-11,21H2,1H3,(H2,34,36,39). The van der Waals surface area contributed by atoms with Gasteiger partial charge in [-0.2, -0.15) is 0 Å². The number of pyridine rings is 1. The minimum Gasteiger partial charge on any atom is -0.308 e. The summed E-state index contributed by atoms with van der Waals surface area (Å²) >= 11 is 0. The number of benzene rings is 2. The van der Waals surface area contributed by atoms with Crippen molar-refractivity contribution in [3.05, 3.63) is 89.7 Å². The van der Waals surface area contributed by atoms with Crippen molar-refractivity contribution in [2.24, 2.45) is 10.9 Å². The second-order valence-electron chi connectivity index (χ2n) is 9.93. The number of amides is 3. The van der Waals surface area contributed by atoms with E-state index in [1.54, 1.807) is 29.4 Å². The molecule has 7 nitrogen and oxygen atoms in total. The highest BCUT2D eigenvalue weighted by Crippen LogP contribution is 2.34. The predicted octanol–water partition coefficient (Wildman–Crippen LogP) is 5.76. The lowest BCUT2D eigenvalue weighted by Gasteiger charge is -2.26. The SMILES string of the molecule is CCCN1C(=O)C(NC(=O)Nc2ccc(C#Cc3cccnc3)cc2)N=C(C2CCCCC2)c2ccccc21. The van der Waals surface area contributed by atoms with Crippen LogP contribution >= 0.6 is 0 Å². The number of aliphatic imine (C=N–C) groups is 1. The van der Waals surface area contributed by atoms with E-state index in [2.05, 4.69) is 33.5 Å². The molecule has 2 heterocycles. The fourth-order valence-corrected chi connectivity index (χ4v) is 5.21. The summed E-state index contributed by atoms with van der Waals surface area (Å²) in [5, 5.41) is 5.69. The minimum absolute atomic E-state index is 0.216. The fourth-order valence-electron chi connectivity index (χ4n) is 5.21. The van der Waals surface area contributed by atoms with E-state index in [0.29, 0.717) is 12.2 Å². The number of rotatable bonds is 5. The van der Waals surface area contributed by atoms with Crippen LogP contribution in [0.2, 0.25) is 0 Å². The maximum Gasteiger partial charge on any atom is 0.321 e. The number of benzodiazepines with no additional fused rings is 1. The van der Waals surface area contributed by atoms with E-state index in [1.165, 1.54) is 6.42 Å². The van der Waals surface area contributed by atoms with Crippen LogP contribution in [0.3, 0.4) is 0 Å². The number of carbonyl (C=O) groups excluding carboxylic acids is 2. The number of hydrogen-bond donors (Lipinski definition) is 2. The van der Waals surface area contributed by atoms with Gasteiger partial charge in [0.15, 0.2) is 0 Å². The Balaban J connectivity index is 1.34. The molecule has 1 unspecified atom stereocenters. The molecule has 1 fully saturated rings. The Hall–Kier alpha value is -4.44. The van der Waals surface area contributed by atoms with E-state index >= 15 is 0 Å². The van der Waals surface area contributed by atoms with Gasteiger partial charge in [-0.25, -0.2) is 4.79 Å². The number of para-hydroxylation sites is 1. The third kappa shape index (κ3) is 6.35. The highest BCUT2D eigenvalue weighted by atomic mass is 16.2. The molecule has 3 amide bonds. The van der Waals surface area contributed by atoms with Crippen molar-refractivity contribution in [2.45, 2.75) is 51.6 Å². The van der Waals surface area contributed by atoms with E-state index < -0.39 is 12.2 Å². The fraction of sp³-hybridized carbons (Fsp3) is 0.312. The molecule has 198 valence electrons. The highest BCUT2D eigenvalue weighted by Gasteiger charge is 2.34. The molecule has 1 atom stereocenters. The molecular formula is C32H33N5O2. The average Bonchev–Trinajstić information content (AvgIpc) is 3.09. The molecule has 5 rings (SSSR count). The van der Waals surface area contributed by atoms with Gasteiger partial charge >= 0.3 is 6.03 Å². The normalized spacial score (nSPS) is 17.3. The molecule has 2 N–H and O–H groups in total. The first-order chi connectivity index (χ1) is 19.1. The first kappa shape index (κ1) is 26.2. The van der Waals surface area contributed by atoms with Crippen molar-refractivity contribution in [2.75, 3.05) is 16.8 Å². The monoisotopic (exact) mass is 519 g/mol. The average molecular weight is 520 g/mol. The molecule has 2 aliphatic rings. The molecule has 0 saturated heterocycles. The summed E-state index contributed by atoms with van der Waals surface area (Å²) in [6.07, 6.45) is 8.85. The van der Waals surface area contributed by atoms with Gasteiger partial charge in [0, 0.05) is 47.2 Å². The summed E-state index contributed by atoms with van der Waals surface area (Å²) in [5.41, 5.74) is 5.06. The van der Waals surface area contributed by atoms with Crippen LogP contribution in [0.4, 0.5) is 16.2 Å². The van der Waals surface area contributed by atoms with Crippen molar-refractivity contribution in [1.29, 1.82) is 0 Å². The number of urea groups is 1. The van der Waals surface area contributed by atoms with E-state index in [1.807, 2.05) is 49.4 Å². The van der Waals surface area contributed by atoms with Crippen LogP contribution < -0.4 is 15.5 Å². The molecule has 1 aromatic heterocycles. The van der Waals surface area contributed by atoms with Gasteiger partial charge in [0.25, 0.3) is 5.91 Å². The van der Waals surface area contributed by atoms with Crippen LogP contribution in [-0.4, -0.2) is 35.3 Å². The Morgan fingerprint density at radius 1 is 0.974 bits per heavy atom. The summed E-state index contributed by atoms with van der Waals surface area (Å²) in [5.74, 6) is 6.23. The Bertz CT molecular complexity index is 1400. The van der Waals surface area contributed by atoms with Crippen LogP contribution in [0.25, 0.3) is 0 Å². The number of hydrogen-bond acceptors (Lipinski definition) is 4. The lowest BCUT2D eigenvalue weighted by Crippen LogP contribution is -2.48. The zero-order chi connectivity index (χ0) is 27.0. The summed E-state index contributed by atoms with van der Waals surface area (Å²) in [7, 11) is 0. The summed E-state index contributed by atoms with van der Waals surface area (Å²) in [4.78, 5) is 37.5. The van der Waals surface area contributed by atoms with Gasteiger partial charge in [-0.1, -0.05) is 56.2 Å². The zero-order valence-electron chi connectivity index (χ0n) is 22.2. The second kappa shape index (κ2) is 12.4. The first-order valence-corrected chi connectivity index (χ1v) is 13.7. The van der Waals surface area contributed by atoms with E-state index in [4.69, 9.17) is 4.99 Å². The van der Waals surface area contributed by atoms with Crippen molar-refractivity contribution in [1.82, 2.24) is 10.3 Å². The Morgan fingerprint density at radius 3 is 2.49 bits per heavy atom. The molecule has 1 aliphatic carbocycles. The number of carbonyl (C=O) groups is 2. The number of fused-ring (bicyclic) bond motifs is 1.